The number of primary amides is 1. The van der Waals surface area contributed by atoms with Gasteiger partial charge in [0.05, 0.1) is 12.5 Å². The van der Waals surface area contributed by atoms with Crippen LogP contribution in [0.15, 0.2) is 72.8 Å². The van der Waals surface area contributed by atoms with Crippen LogP contribution in [0.25, 0.3) is 10.8 Å². The molecular weight excluding hydrogens is 422 g/mol. The van der Waals surface area contributed by atoms with Gasteiger partial charge in [-0.2, -0.15) is 0 Å². The summed E-state index contributed by atoms with van der Waals surface area (Å²) in [7, 11) is 0. The van der Waals surface area contributed by atoms with Gasteiger partial charge in [0.15, 0.2) is 0 Å². The Kier molecular flexibility index (Phi) is 8.37. The zero-order valence-electron chi connectivity index (χ0n) is 18.1. The first-order valence-electron chi connectivity index (χ1n) is 10.6. The Morgan fingerprint density at radius 3 is 2.39 bits per heavy atom. The van der Waals surface area contributed by atoms with E-state index in [1.807, 2.05) is 72.8 Å². The minimum atomic E-state index is -1.15. The Morgan fingerprint density at radius 1 is 0.939 bits per heavy atom. The second kappa shape index (κ2) is 11.6. The molecule has 0 unspecified atom stereocenters. The van der Waals surface area contributed by atoms with E-state index in [0.717, 1.165) is 21.9 Å². The van der Waals surface area contributed by atoms with Crippen molar-refractivity contribution in [1.29, 1.82) is 0 Å². The number of aliphatic hydroxyl groups is 1. The Labute approximate surface area is 191 Å². The molecule has 0 aliphatic heterocycles. The molecule has 0 fully saturated rings. The van der Waals surface area contributed by atoms with Gasteiger partial charge in [-0.25, -0.2) is 4.79 Å². The first-order valence-corrected chi connectivity index (χ1v) is 10.6. The smallest absolute Gasteiger partial charge is 0.407 e. The summed E-state index contributed by atoms with van der Waals surface area (Å²) in [5.41, 5.74) is 7.20. The van der Waals surface area contributed by atoms with Crippen molar-refractivity contribution in [1.82, 2.24) is 10.6 Å². The fraction of sp³-hybridized carbons (Fsp3) is 0.240. The summed E-state index contributed by atoms with van der Waals surface area (Å²) in [6.45, 7) is -0.0800. The number of fused-ring (bicyclic) bond motifs is 1. The number of aliphatic hydroxyl groups excluding tert-OH is 1. The third-order valence-electron chi connectivity index (χ3n) is 5.10. The number of carbonyl (C=O) groups excluding carboxylic acids is 3. The molecule has 3 aromatic rings. The van der Waals surface area contributed by atoms with Crippen LogP contribution >= 0.6 is 0 Å². The van der Waals surface area contributed by atoms with Crippen molar-refractivity contribution in [2.24, 2.45) is 5.73 Å². The number of benzene rings is 3. The van der Waals surface area contributed by atoms with Crippen molar-refractivity contribution in [3.63, 3.8) is 0 Å². The maximum Gasteiger partial charge on any atom is 0.407 e. The van der Waals surface area contributed by atoms with Crippen molar-refractivity contribution < 1.29 is 24.2 Å². The molecule has 3 aromatic carbocycles. The monoisotopic (exact) mass is 449 g/mol. The third-order valence-corrected chi connectivity index (χ3v) is 5.10. The Morgan fingerprint density at radius 2 is 1.64 bits per heavy atom. The quantitative estimate of drug-likeness (QED) is 0.376. The fourth-order valence-electron chi connectivity index (χ4n) is 3.43. The Hall–Kier alpha value is -3.91. The molecule has 0 spiro atoms. The second-order valence-electron chi connectivity index (χ2n) is 7.67. The highest BCUT2D eigenvalue weighted by atomic mass is 16.5. The summed E-state index contributed by atoms with van der Waals surface area (Å²) in [4.78, 5) is 36.1. The van der Waals surface area contributed by atoms with E-state index in [0.29, 0.717) is 0 Å². The highest BCUT2D eigenvalue weighted by Crippen LogP contribution is 2.19. The van der Waals surface area contributed by atoms with Gasteiger partial charge in [0.1, 0.15) is 12.6 Å². The van der Waals surface area contributed by atoms with E-state index in [1.165, 1.54) is 0 Å². The molecule has 0 saturated heterocycles. The lowest BCUT2D eigenvalue weighted by molar-refractivity contribution is -0.128. The molecular formula is C25H27N3O5. The number of nitrogens with one attached hydrogen (secondary N) is 2. The van der Waals surface area contributed by atoms with Gasteiger partial charge in [0, 0.05) is 13.0 Å². The van der Waals surface area contributed by atoms with E-state index in [-0.39, 0.29) is 26.0 Å². The van der Waals surface area contributed by atoms with Crippen LogP contribution in [-0.4, -0.2) is 41.7 Å². The van der Waals surface area contributed by atoms with Gasteiger partial charge in [-0.15, -0.1) is 0 Å². The van der Waals surface area contributed by atoms with Gasteiger partial charge in [0.2, 0.25) is 11.8 Å². The molecule has 0 aromatic heterocycles. The SMILES string of the molecule is NC(=O)[C@@H](Cc1cccc2ccccc12)NC(=O)C[C@@H](O)CNC(=O)OCc1ccccc1. The van der Waals surface area contributed by atoms with E-state index >= 15 is 0 Å². The zero-order valence-corrected chi connectivity index (χ0v) is 18.1. The molecule has 0 aliphatic rings. The summed E-state index contributed by atoms with van der Waals surface area (Å²) in [6.07, 6.45) is -1.94. The van der Waals surface area contributed by atoms with Crippen LogP contribution in [0.1, 0.15) is 17.5 Å². The average molecular weight is 450 g/mol. The number of ether oxygens (including phenoxy) is 1. The Balaban J connectivity index is 1.47. The van der Waals surface area contributed by atoms with E-state index in [2.05, 4.69) is 10.6 Å². The number of alkyl carbamates (subject to hydrolysis) is 1. The molecule has 3 rings (SSSR count). The Bertz CT molecular complexity index is 1100. The average Bonchev–Trinajstić information content (AvgIpc) is 2.81. The predicted molar refractivity (Wildman–Crippen MR) is 124 cm³/mol. The molecule has 0 heterocycles. The minimum absolute atomic E-state index is 0.0950. The summed E-state index contributed by atoms with van der Waals surface area (Å²) in [5.74, 6) is -1.22. The normalized spacial score (nSPS) is 12.5. The van der Waals surface area contributed by atoms with Gasteiger partial charge in [-0.3, -0.25) is 9.59 Å². The van der Waals surface area contributed by atoms with Gasteiger partial charge >= 0.3 is 6.09 Å². The molecule has 5 N–H and O–H groups in total. The van der Waals surface area contributed by atoms with Gasteiger partial charge < -0.3 is 26.2 Å². The number of nitrogens with two attached hydrogens (primary N) is 1. The van der Waals surface area contributed by atoms with Gasteiger partial charge in [0.25, 0.3) is 0 Å². The van der Waals surface area contributed by atoms with E-state index in [4.69, 9.17) is 10.5 Å². The molecule has 8 nitrogen and oxygen atoms in total. The molecule has 0 radical (unpaired) electrons. The molecule has 172 valence electrons. The van der Waals surface area contributed by atoms with Crippen molar-refractivity contribution in [3.05, 3.63) is 83.9 Å². The summed E-state index contributed by atoms with van der Waals surface area (Å²) >= 11 is 0. The van der Waals surface area contributed by atoms with Crippen molar-refractivity contribution in [2.45, 2.75) is 31.6 Å². The summed E-state index contributed by atoms with van der Waals surface area (Å²) in [6, 6.07) is 21.7. The number of hydrogen-bond acceptors (Lipinski definition) is 5. The van der Waals surface area contributed by atoms with E-state index in [9.17, 15) is 19.5 Å². The highest BCUT2D eigenvalue weighted by Gasteiger charge is 2.21. The molecule has 2 atom stereocenters. The molecule has 3 amide bonds. The minimum Gasteiger partial charge on any atom is -0.445 e. The van der Waals surface area contributed by atoms with Crippen molar-refractivity contribution in [2.75, 3.05) is 6.54 Å². The number of rotatable bonds is 10. The van der Waals surface area contributed by atoms with E-state index in [1.54, 1.807) is 0 Å². The number of hydrogen-bond donors (Lipinski definition) is 4. The summed E-state index contributed by atoms with van der Waals surface area (Å²) < 4.78 is 5.06. The highest BCUT2D eigenvalue weighted by molar-refractivity contribution is 5.89. The van der Waals surface area contributed by atoms with Crippen LogP contribution in [0, 0.1) is 0 Å². The van der Waals surface area contributed by atoms with Gasteiger partial charge in [-0.05, 0) is 21.9 Å². The van der Waals surface area contributed by atoms with Crippen LogP contribution in [0.2, 0.25) is 0 Å². The van der Waals surface area contributed by atoms with Crippen LogP contribution in [0.5, 0.6) is 0 Å². The van der Waals surface area contributed by atoms with Crippen LogP contribution in [0.3, 0.4) is 0 Å². The number of carbonyl (C=O) groups is 3. The molecule has 8 heteroatoms. The second-order valence-corrected chi connectivity index (χ2v) is 7.67. The van der Waals surface area contributed by atoms with Crippen LogP contribution < -0.4 is 16.4 Å². The zero-order chi connectivity index (χ0) is 23.6. The summed E-state index contributed by atoms with van der Waals surface area (Å²) in [5, 5.41) is 17.1. The van der Waals surface area contributed by atoms with Crippen LogP contribution in [-0.2, 0) is 27.4 Å². The first kappa shape index (κ1) is 23.7. The predicted octanol–water partition coefficient (Wildman–Crippen LogP) is 2.03. The lowest BCUT2D eigenvalue weighted by atomic mass is 9.98. The van der Waals surface area contributed by atoms with Gasteiger partial charge in [-0.1, -0.05) is 72.8 Å². The molecule has 33 heavy (non-hydrogen) atoms. The largest absolute Gasteiger partial charge is 0.445 e. The molecule has 0 bridgehead atoms. The lowest BCUT2D eigenvalue weighted by Crippen LogP contribution is -2.47. The third kappa shape index (κ3) is 7.33. The van der Waals surface area contributed by atoms with E-state index < -0.39 is 30.1 Å². The lowest BCUT2D eigenvalue weighted by Gasteiger charge is -2.18. The van der Waals surface area contributed by atoms with Crippen molar-refractivity contribution >= 4 is 28.7 Å². The van der Waals surface area contributed by atoms with Crippen molar-refractivity contribution in [3.8, 4) is 0 Å². The number of amides is 3. The maximum absolute atomic E-state index is 12.4. The topological polar surface area (TPSA) is 131 Å². The maximum atomic E-state index is 12.4. The van der Waals surface area contributed by atoms with Crippen LogP contribution in [0.4, 0.5) is 4.79 Å². The molecule has 0 aliphatic carbocycles. The fourth-order valence-corrected chi connectivity index (χ4v) is 3.43. The first-order chi connectivity index (χ1) is 15.9. The molecule has 0 saturated carbocycles. The standard InChI is InChI=1S/C25H27N3O5/c26-24(31)22(13-19-11-6-10-18-9-4-5-12-21(18)19)28-23(30)14-20(29)15-27-25(32)33-16-17-7-2-1-3-8-17/h1-12,20,22,29H,13-16H2,(H2,26,31)(H,27,32)(H,28,30)/t20-,22-/m1/s1.